The van der Waals surface area contributed by atoms with Crippen molar-refractivity contribution in [2.45, 2.75) is 65.3 Å². The lowest BCUT2D eigenvalue weighted by molar-refractivity contribution is 0.101. The smallest absolute Gasteiger partial charge is 0.00700 e. The van der Waals surface area contributed by atoms with Gasteiger partial charge < -0.3 is 5.73 Å². The van der Waals surface area contributed by atoms with Crippen LogP contribution in [0.2, 0.25) is 0 Å². The predicted octanol–water partition coefficient (Wildman–Crippen LogP) is 3.82. The summed E-state index contributed by atoms with van der Waals surface area (Å²) in [6.45, 7) is 7.27. The van der Waals surface area contributed by atoms with Crippen molar-refractivity contribution in [1.82, 2.24) is 0 Å². The Bertz CT molecular complexity index is 215. The zero-order valence-corrected chi connectivity index (χ0v) is 11.3. The van der Waals surface area contributed by atoms with Crippen molar-refractivity contribution in [2.75, 3.05) is 0 Å². The summed E-state index contributed by atoms with van der Waals surface area (Å²) in [5, 5.41) is 0. The molecule has 2 saturated carbocycles. The monoisotopic (exact) mass is 223 g/mol. The molecule has 0 amide bonds. The van der Waals surface area contributed by atoms with E-state index in [1.807, 2.05) is 0 Å². The van der Waals surface area contributed by atoms with Gasteiger partial charge in [-0.15, -0.1) is 0 Å². The van der Waals surface area contributed by atoms with Gasteiger partial charge in [0.25, 0.3) is 0 Å². The zero-order valence-electron chi connectivity index (χ0n) is 11.3. The van der Waals surface area contributed by atoms with Crippen molar-refractivity contribution in [1.29, 1.82) is 0 Å². The maximum atomic E-state index is 6.36. The lowest BCUT2D eigenvalue weighted by Crippen LogP contribution is -2.42. The van der Waals surface area contributed by atoms with Crippen molar-refractivity contribution in [3.63, 3.8) is 0 Å². The van der Waals surface area contributed by atoms with E-state index in [2.05, 4.69) is 20.8 Å². The van der Waals surface area contributed by atoms with Gasteiger partial charge in [-0.25, -0.2) is 0 Å². The fraction of sp³-hybridized carbons (Fsp3) is 1.00. The normalized spacial score (nSPS) is 50.2. The van der Waals surface area contributed by atoms with E-state index >= 15 is 0 Å². The Morgan fingerprint density at radius 3 is 2.00 bits per heavy atom. The molecular weight excluding hydrogens is 194 g/mol. The Morgan fingerprint density at radius 1 is 0.750 bits per heavy atom. The molecule has 0 aromatic heterocycles. The van der Waals surface area contributed by atoms with Gasteiger partial charge in [-0.3, -0.25) is 0 Å². The van der Waals surface area contributed by atoms with E-state index in [1.165, 1.54) is 38.5 Å². The highest BCUT2D eigenvalue weighted by atomic mass is 14.7. The summed E-state index contributed by atoms with van der Waals surface area (Å²) in [5.41, 5.74) is 6.36. The van der Waals surface area contributed by atoms with Crippen LogP contribution in [0, 0.1) is 29.6 Å². The van der Waals surface area contributed by atoms with Crippen LogP contribution in [0.1, 0.15) is 59.3 Å². The number of hydrogen-bond acceptors (Lipinski definition) is 1. The van der Waals surface area contributed by atoms with Crippen molar-refractivity contribution in [3.8, 4) is 0 Å². The topological polar surface area (TPSA) is 26.0 Å². The first-order valence-corrected chi connectivity index (χ1v) is 7.31. The van der Waals surface area contributed by atoms with Gasteiger partial charge in [0.15, 0.2) is 0 Å². The molecule has 2 aliphatic carbocycles. The van der Waals surface area contributed by atoms with Gasteiger partial charge in [-0.1, -0.05) is 20.8 Å². The lowest BCUT2D eigenvalue weighted by Gasteiger charge is -2.42. The largest absolute Gasteiger partial charge is 0.327 e. The van der Waals surface area contributed by atoms with Crippen LogP contribution in [0.4, 0.5) is 0 Å². The summed E-state index contributed by atoms with van der Waals surface area (Å²) in [6, 6.07) is 0.499. The third-order valence-electron chi connectivity index (χ3n) is 5.04. The molecule has 2 rings (SSSR count). The second-order valence-electron chi connectivity index (χ2n) is 6.92. The van der Waals surface area contributed by atoms with E-state index < -0.39 is 0 Å². The van der Waals surface area contributed by atoms with Crippen molar-refractivity contribution >= 4 is 0 Å². The second kappa shape index (κ2) is 5.08. The number of rotatable bonds is 1. The molecule has 0 aliphatic heterocycles. The van der Waals surface area contributed by atoms with E-state index in [1.54, 1.807) is 0 Å². The van der Waals surface area contributed by atoms with Crippen LogP contribution in [0.25, 0.3) is 0 Å². The van der Waals surface area contributed by atoms with Gasteiger partial charge in [0, 0.05) is 6.04 Å². The molecule has 94 valence electrons. The molecule has 2 aliphatic rings. The Balaban J connectivity index is 1.99. The van der Waals surface area contributed by atoms with Gasteiger partial charge in [0.1, 0.15) is 0 Å². The number of nitrogens with two attached hydrogens (primary N) is 1. The van der Waals surface area contributed by atoms with Crippen LogP contribution >= 0.6 is 0 Å². The summed E-state index contributed by atoms with van der Waals surface area (Å²) >= 11 is 0. The quantitative estimate of drug-likeness (QED) is 0.718. The van der Waals surface area contributed by atoms with Gasteiger partial charge in [-0.2, -0.15) is 0 Å². The fourth-order valence-corrected chi connectivity index (χ4v) is 4.35. The molecule has 5 atom stereocenters. The highest BCUT2D eigenvalue weighted by Gasteiger charge is 2.35. The lowest BCUT2D eigenvalue weighted by atomic mass is 9.65. The molecule has 2 N–H and O–H groups in total. The van der Waals surface area contributed by atoms with Crippen LogP contribution in [0.5, 0.6) is 0 Å². The minimum absolute atomic E-state index is 0.499. The average molecular weight is 223 g/mol. The molecule has 1 nitrogen and oxygen atoms in total. The van der Waals surface area contributed by atoms with Gasteiger partial charge in [0.2, 0.25) is 0 Å². The Morgan fingerprint density at radius 2 is 1.38 bits per heavy atom. The summed E-state index contributed by atoms with van der Waals surface area (Å²) in [5.74, 6) is 4.53. The highest BCUT2D eigenvalue weighted by Crippen LogP contribution is 2.42. The van der Waals surface area contributed by atoms with Crippen LogP contribution in [-0.2, 0) is 0 Å². The first-order chi connectivity index (χ1) is 7.56. The summed E-state index contributed by atoms with van der Waals surface area (Å²) in [7, 11) is 0. The van der Waals surface area contributed by atoms with Crippen LogP contribution in [-0.4, -0.2) is 6.04 Å². The molecule has 16 heavy (non-hydrogen) atoms. The molecular formula is C15H29N. The maximum absolute atomic E-state index is 6.36. The van der Waals surface area contributed by atoms with Crippen LogP contribution in [0.15, 0.2) is 0 Å². The van der Waals surface area contributed by atoms with E-state index in [9.17, 15) is 0 Å². The van der Waals surface area contributed by atoms with E-state index in [0.29, 0.717) is 6.04 Å². The fourth-order valence-electron chi connectivity index (χ4n) is 4.35. The van der Waals surface area contributed by atoms with Crippen molar-refractivity contribution < 1.29 is 0 Å². The first kappa shape index (κ1) is 12.4. The number of hydrogen-bond donors (Lipinski definition) is 1. The minimum Gasteiger partial charge on any atom is -0.327 e. The Kier molecular flexibility index (Phi) is 3.94. The molecule has 0 radical (unpaired) electrons. The summed E-state index contributed by atoms with van der Waals surface area (Å²) < 4.78 is 0. The SMILES string of the molecule is CC1CC(C)CC(C2CC(C)CCC2N)C1. The van der Waals surface area contributed by atoms with E-state index in [4.69, 9.17) is 5.73 Å². The molecule has 5 unspecified atom stereocenters. The Labute approximate surface area is 101 Å². The van der Waals surface area contributed by atoms with E-state index in [-0.39, 0.29) is 0 Å². The first-order valence-electron chi connectivity index (χ1n) is 7.31. The molecule has 0 bridgehead atoms. The maximum Gasteiger partial charge on any atom is 0.00700 e. The summed E-state index contributed by atoms with van der Waals surface area (Å²) in [6.07, 6.45) is 8.34. The molecule has 0 heterocycles. The van der Waals surface area contributed by atoms with E-state index in [0.717, 1.165) is 29.6 Å². The predicted molar refractivity (Wildman–Crippen MR) is 70.1 cm³/mol. The van der Waals surface area contributed by atoms with Crippen LogP contribution in [0.3, 0.4) is 0 Å². The average Bonchev–Trinajstić information content (AvgIpc) is 2.20. The van der Waals surface area contributed by atoms with Crippen LogP contribution < -0.4 is 5.73 Å². The van der Waals surface area contributed by atoms with Crippen molar-refractivity contribution in [2.24, 2.45) is 35.3 Å². The molecule has 0 saturated heterocycles. The summed E-state index contributed by atoms with van der Waals surface area (Å²) in [4.78, 5) is 0. The molecule has 0 aromatic carbocycles. The zero-order chi connectivity index (χ0) is 11.7. The van der Waals surface area contributed by atoms with Gasteiger partial charge in [-0.05, 0) is 68.1 Å². The van der Waals surface area contributed by atoms with Crippen molar-refractivity contribution in [3.05, 3.63) is 0 Å². The standard InChI is InChI=1S/C15H29N/c1-10-4-5-15(16)14(9-10)13-7-11(2)6-12(3)8-13/h10-15H,4-9,16H2,1-3H3. The third-order valence-corrected chi connectivity index (χ3v) is 5.04. The second-order valence-corrected chi connectivity index (χ2v) is 6.92. The molecule has 2 fully saturated rings. The van der Waals surface area contributed by atoms with Gasteiger partial charge in [0.05, 0.1) is 0 Å². The molecule has 0 spiro atoms. The highest BCUT2D eigenvalue weighted by molar-refractivity contribution is 4.89. The van der Waals surface area contributed by atoms with Gasteiger partial charge >= 0.3 is 0 Å². The third kappa shape index (κ3) is 2.80. The minimum atomic E-state index is 0.499. The Hall–Kier alpha value is -0.0400. The molecule has 1 heteroatoms. The molecule has 0 aromatic rings.